The number of likely N-dealkylation sites (N-methyl/N-ethyl adjacent to an activating group) is 2. The van der Waals surface area contributed by atoms with Gasteiger partial charge in [-0.25, -0.2) is 9.59 Å². The lowest BCUT2D eigenvalue weighted by atomic mass is 10.2. The van der Waals surface area contributed by atoms with Gasteiger partial charge in [0.15, 0.2) is 12.6 Å². The van der Waals surface area contributed by atoms with Gasteiger partial charge < -0.3 is 29.0 Å². The van der Waals surface area contributed by atoms with E-state index in [1.807, 2.05) is 42.3 Å². The molecule has 9 nitrogen and oxygen atoms in total. The monoisotopic (exact) mass is 480 g/mol. The number of para-hydroxylation sites is 1. The van der Waals surface area contributed by atoms with E-state index in [0.717, 1.165) is 0 Å². The Kier molecular flexibility index (Phi) is 12.4. The Hall–Kier alpha value is -2.17. The number of carboxylic acids is 2. The average Bonchev–Trinajstić information content (AvgIpc) is 2.42. The van der Waals surface area contributed by atoms with Crippen LogP contribution < -0.4 is 0 Å². The third-order valence-electron chi connectivity index (χ3n) is 3.16. The fourth-order valence-electron chi connectivity index (χ4n) is 2.22. The number of rotatable bonds is 8. The van der Waals surface area contributed by atoms with Gasteiger partial charge in [0.25, 0.3) is 0 Å². The van der Waals surface area contributed by atoms with E-state index in [4.69, 9.17) is 14.9 Å². The standard InChI is InChI=1S/C14H19NO5.C5H11NO2.BrH/c1-15(2,3)9-10(8-13(17)18)20-14(19)11-6-4-5-7-12(11)16;1-6(2,3)4-5(7)8;/h4-7,10H,8-9H2,1-3H3,(H-,16,17,18,19);4H2,1-3H3;1H/p+2. The summed E-state index contributed by atoms with van der Waals surface area (Å²) in [7, 11) is 11.2. The third kappa shape index (κ3) is 15.4. The molecule has 0 saturated heterocycles. The summed E-state index contributed by atoms with van der Waals surface area (Å²) in [6, 6.07) is 6.00. The molecule has 0 fully saturated rings. The van der Waals surface area contributed by atoms with Crippen LogP contribution in [0.2, 0.25) is 0 Å². The first-order chi connectivity index (χ1) is 12.6. The Bertz CT molecular complexity index is 682. The maximum atomic E-state index is 12.0. The van der Waals surface area contributed by atoms with Gasteiger partial charge in [0.05, 0.1) is 48.7 Å². The van der Waals surface area contributed by atoms with Crippen LogP contribution in [0, 0.1) is 0 Å². The van der Waals surface area contributed by atoms with Crippen LogP contribution in [0.15, 0.2) is 24.3 Å². The number of hydrogen-bond donors (Lipinski definition) is 3. The van der Waals surface area contributed by atoms with Crippen molar-refractivity contribution in [3.05, 3.63) is 29.8 Å². The Morgan fingerprint density at radius 1 is 0.931 bits per heavy atom. The van der Waals surface area contributed by atoms with Crippen LogP contribution in [-0.2, 0) is 14.3 Å². The molecular weight excluding hydrogens is 448 g/mol. The highest BCUT2D eigenvalue weighted by atomic mass is 79.9. The second-order valence-corrected chi connectivity index (χ2v) is 8.46. The van der Waals surface area contributed by atoms with Crippen LogP contribution in [0.1, 0.15) is 16.8 Å². The average molecular weight is 481 g/mol. The zero-order valence-corrected chi connectivity index (χ0v) is 19.5. The minimum Gasteiger partial charge on any atom is -0.507 e. The largest absolute Gasteiger partial charge is 0.507 e. The summed E-state index contributed by atoms with van der Waals surface area (Å²) in [5.41, 5.74) is 0.0318. The van der Waals surface area contributed by atoms with Crippen molar-refractivity contribution in [1.82, 2.24) is 0 Å². The molecule has 1 aromatic rings. The van der Waals surface area contributed by atoms with E-state index in [-0.39, 0.29) is 41.3 Å². The zero-order chi connectivity index (χ0) is 22.1. The molecule has 0 heterocycles. The molecule has 3 N–H and O–H groups in total. The number of benzene rings is 1. The van der Waals surface area contributed by atoms with Crippen LogP contribution in [0.5, 0.6) is 5.75 Å². The highest BCUT2D eigenvalue weighted by Gasteiger charge is 2.26. The SMILES string of the molecule is Br.C[N+](C)(C)CC(=O)O.C[N+](C)(C)CC(CC(=O)O)OC(=O)c1ccccc1O. The predicted molar refractivity (Wildman–Crippen MR) is 113 cm³/mol. The summed E-state index contributed by atoms with van der Waals surface area (Å²) in [6.45, 7) is 0.547. The number of esters is 1. The smallest absolute Gasteiger partial charge is 0.359 e. The molecule has 0 aliphatic heterocycles. The van der Waals surface area contributed by atoms with Gasteiger partial charge >= 0.3 is 17.9 Å². The number of nitrogens with zero attached hydrogens (tertiary/aromatic N) is 2. The van der Waals surface area contributed by atoms with Crippen molar-refractivity contribution in [2.75, 3.05) is 55.4 Å². The van der Waals surface area contributed by atoms with E-state index in [1.54, 1.807) is 12.1 Å². The maximum absolute atomic E-state index is 12.0. The molecule has 1 atom stereocenters. The Labute approximate surface area is 182 Å². The van der Waals surface area contributed by atoms with Crippen molar-refractivity contribution >= 4 is 34.9 Å². The summed E-state index contributed by atoms with van der Waals surface area (Å²) in [4.78, 5) is 32.8. The highest BCUT2D eigenvalue weighted by molar-refractivity contribution is 8.93. The summed E-state index contributed by atoms with van der Waals surface area (Å²) in [5.74, 6) is -2.69. The van der Waals surface area contributed by atoms with Gasteiger partial charge in [-0.15, -0.1) is 17.0 Å². The topological polar surface area (TPSA) is 121 Å². The van der Waals surface area contributed by atoms with E-state index < -0.39 is 24.0 Å². The minimum atomic E-state index is -1.03. The lowest BCUT2D eigenvalue weighted by Gasteiger charge is -2.28. The summed E-state index contributed by atoms with van der Waals surface area (Å²) in [6.07, 6.45) is -1.02. The molecule has 1 aromatic carbocycles. The number of aromatic hydroxyl groups is 1. The number of carboxylic acid groups (broad SMARTS) is 2. The first-order valence-corrected chi connectivity index (χ1v) is 8.64. The summed E-state index contributed by atoms with van der Waals surface area (Å²) >= 11 is 0. The van der Waals surface area contributed by atoms with Crippen LogP contribution in [0.4, 0.5) is 0 Å². The fourth-order valence-corrected chi connectivity index (χ4v) is 2.22. The molecule has 166 valence electrons. The quantitative estimate of drug-likeness (QED) is 0.380. The second-order valence-electron chi connectivity index (χ2n) is 8.46. The molecule has 0 aromatic heterocycles. The summed E-state index contributed by atoms with van der Waals surface area (Å²) < 4.78 is 6.15. The number of hydrogen-bond acceptors (Lipinski definition) is 5. The van der Waals surface area contributed by atoms with Gasteiger partial charge in [-0.2, -0.15) is 0 Å². The molecule has 0 spiro atoms. The number of ether oxygens (including phenoxy) is 1. The molecule has 1 unspecified atom stereocenters. The van der Waals surface area contributed by atoms with Gasteiger partial charge in [0.2, 0.25) is 0 Å². The molecule has 0 saturated carbocycles. The first-order valence-electron chi connectivity index (χ1n) is 8.64. The lowest BCUT2D eigenvalue weighted by Crippen LogP contribution is -2.43. The molecule has 29 heavy (non-hydrogen) atoms. The normalized spacial score (nSPS) is 11.9. The van der Waals surface area contributed by atoms with Crippen molar-refractivity contribution in [1.29, 1.82) is 0 Å². The molecular formula is C19H33BrN2O7+2. The van der Waals surface area contributed by atoms with Crippen molar-refractivity contribution < 1.29 is 43.4 Å². The molecule has 10 heteroatoms. The molecule has 0 aliphatic carbocycles. The van der Waals surface area contributed by atoms with Crippen molar-refractivity contribution in [2.45, 2.75) is 12.5 Å². The van der Waals surface area contributed by atoms with Crippen LogP contribution in [0.25, 0.3) is 0 Å². The number of phenols is 1. The second kappa shape index (κ2) is 12.4. The molecule has 1 rings (SSSR count). The molecule has 0 amide bonds. The van der Waals surface area contributed by atoms with Gasteiger partial charge in [-0.05, 0) is 12.1 Å². The van der Waals surface area contributed by atoms with Gasteiger partial charge in [-0.3, -0.25) is 4.79 Å². The number of halogens is 1. The Balaban J connectivity index is 0. The number of phenolic OH excluding ortho intramolecular Hbond substituents is 1. The first kappa shape index (κ1) is 29.0. The Morgan fingerprint density at radius 2 is 1.45 bits per heavy atom. The number of quaternary nitrogens is 2. The van der Waals surface area contributed by atoms with E-state index in [0.29, 0.717) is 15.5 Å². The van der Waals surface area contributed by atoms with Crippen molar-refractivity contribution in [3.8, 4) is 5.75 Å². The number of carbonyl (C=O) groups is 3. The van der Waals surface area contributed by atoms with Gasteiger partial charge in [0, 0.05) is 0 Å². The van der Waals surface area contributed by atoms with Gasteiger partial charge in [0.1, 0.15) is 17.9 Å². The van der Waals surface area contributed by atoms with Crippen LogP contribution >= 0.6 is 17.0 Å². The summed E-state index contributed by atoms with van der Waals surface area (Å²) in [5, 5.41) is 26.7. The highest BCUT2D eigenvalue weighted by Crippen LogP contribution is 2.18. The third-order valence-corrected chi connectivity index (χ3v) is 3.16. The Morgan fingerprint density at radius 3 is 1.79 bits per heavy atom. The molecule has 0 radical (unpaired) electrons. The molecule has 0 aliphatic rings. The van der Waals surface area contributed by atoms with Crippen LogP contribution in [0.3, 0.4) is 0 Å². The number of aliphatic carboxylic acids is 2. The molecule has 0 bridgehead atoms. The maximum Gasteiger partial charge on any atom is 0.359 e. The van der Waals surface area contributed by atoms with Crippen molar-refractivity contribution in [2.24, 2.45) is 0 Å². The van der Waals surface area contributed by atoms with E-state index in [9.17, 15) is 19.5 Å². The van der Waals surface area contributed by atoms with Crippen LogP contribution in [-0.4, -0.2) is 104 Å². The number of carbonyl (C=O) groups excluding carboxylic acids is 1. The van der Waals surface area contributed by atoms with E-state index in [2.05, 4.69) is 0 Å². The lowest BCUT2D eigenvalue weighted by molar-refractivity contribution is -0.873. The van der Waals surface area contributed by atoms with E-state index in [1.165, 1.54) is 12.1 Å². The van der Waals surface area contributed by atoms with Crippen molar-refractivity contribution in [3.63, 3.8) is 0 Å². The predicted octanol–water partition coefficient (Wildman–Crippen LogP) is 1.45. The fraction of sp³-hybridized carbons (Fsp3) is 0.526. The minimum absolute atomic E-state index is 0. The van der Waals surface area contributed by atoms with E-state index >= 15 is 0 Å². The zero-order valence-electron chi connectivity index (χ0n) is 17.8. The van der Waals surface area contributed by atoms with Gasteiger partial charge in [-0.1, -0.05) is 12.1 Å².